The van der Waals surface area contributed by atoms with Crippen LogP contribution >= 0.6 is 22.6 Å². The van der Waals surface area contributed by atoms with Crippen LogP contribution in [0.2, 0.25) is 0 Å². The van der Waals surface area contributed by atoms with Crippen LogP contribution in [-0.2, 0) is 9.84 Å². The van der Waals surface area contributed by atoms with Crippen molar-refractivity contribution in [3.05, 3.63) is 22.2 Å². The Balaban J connectivity index is 2.79. The minimum Gasteiger partial charge on any atom is -0.492 e. The molecule has 0 aromatic carbocycles. The predicted molar refractivity (Wildman–Crippen MR) is 86.0 cm³/mol. The first-order chi connectivity index (χ1) is 9.18. The molecule has 0 saturated carbocycles. The van der Waals surface area contributed by atoms with E-state index in [0.29, 0.717) is 18.0 Å². The second kappa shape index (κ2) is 5.18. The van der Waals surface area contributed by atoms with Crippen molar-refractivity contribution < 1.29 is 13.2 Å². The average molecular weight is 408 g/mol. The maximum atomic E-state index is 12.7. The van der Waals surface area contributed by atoms with Gasteiger partial charge in [-0.05, 0) is 50.3 Å². The van der Waals surface area contributed by atoms with E-state index < -0.39 is 14.6 Å². The summed E-state index contributed by atoms with van der Waals surface area (Å²) in [4.78, 5) is 4.43. The van der Waals surface area contributed by atoms with E-state index in [9.17, 15) is 8.42 Å². The molecule has 5 nitrogen and oxygen atoms in total. The Bertz CT molecular complexity index is 745. The molecular formula is C13H17IN2O3S. The minimum atomic E-state index is -3.49. The monoisotopic (exact) mass is 408 g/mol. The van der Waals surface area contributed by atoms with Gasteiger partial charge in [-0.1, -0.05) is 0 Å². The Kier molecular flexibility index (Phi) is 4.03. The summed E-state index contributed by atoms with van der Waals surface area (Å²) in [7, 11) is -3.49. The maximum Gasteiger partial charge on any atom is 0.188 e. The lowest BCUT2D eigenvalue weighted by atomic mass is 10.3. The molecule has 0 fully saturated rings. The number of hydrogen-bond donors (Lipinski definition) is 0. The van der Waals surface area contributed by atoms with Gasteiger partial charge in [-0.15, -0.1) is 0 Å². The van der Waals surface area contributed by atoms with E-state index in [0.717, 1.165) is 3.70 Å². The highest BCUT2D eigenvalue weighted by Crippen LogP contribution is 2.33. The van der Waals surface area contributed by atoms with Crippen LogP contribution in [0.4, 0.5) is 0 Å². The summed E-state index contributed by atoms with van der Waals surface area (Å²) >= 11 is 2.12. The molecule has 0 saturated heterocycles. The van der Waals surface area contributed by atoms with Gasteiger partial charge in [-0.3, -0.25) is 4.40 Å². The van der Waals surface area contributed by atoms with Crippen LogP contribution in [0.1, 0.15) is 27.7 Å². The average Bonchev–Trinajstić information content (AvgIpc) is 2.68. The molecule has 2 rings (SSSR count). The summed E-state index contributed by atoms with van der Waals surface area (Å²) in [6, 6.07) is 1.67. The number of imidazole rings is 1. The lowest BCUT2D eigenvalue weighted by Gasteiger charge is -2.21. The van der Waals surface area contributed by atoms with Gasteiger partial charge in [0.05, 0.1) is 17.6 Å². The fraction of sp³-hybridized carbons (Fsp3) is 0.462. The minimum absolute atomic E-state index is 0.204. The Hall–Kier alpha value is -0.830. The molecule has 20 heavy (non-hydrogen) atoms. The second-order valence-electron chi connectivity index (χ2n) is 5.36. The number of fused-ring (bicyclic) bond motifs is 1. The van der Waals surface area contributed by atoms with E-state index in [2.05, 4.69) is 27.6 Å². The molecule has 0 aliphatic rings. The quantitative estimate of drug-likeness (QED) is 0.733. The molecule has 2 aromatic rings. The second-order valence-corrected chi connectivity index (χ2v) is 9.14. The fourth-order valence-corrected chi connectivity index (χ4v) is 3.57. The topological polar surface area (TPSA) is 60.7 Å². The van der Waals surface area contributed by atoms with Gasteiger partial charge in [0.25, 0.3) is 0 Å². The van der Waals surface area contributed by atoms with E-state index in [1.165, 1.54) is 0 Å². The van der Waals surface area contributed by atoms with Gasteiger partial charge in [0.1, 0.15) is 20.0 Å². The van der Waals surface area contributed by atoms with Crippen molar-refractivity contribution in [1.29, 1.82) is 0 Å². The third-order valence-corrected chi connectivity index (χ3v) is 6.22. The van der Waals surface area contributed by atoms with Crippen molar-refractivity contribution in [2.45, 2.75) is 37.3 Å². The number of sulfone groups is 1. The molecule has 0 N–H and O–H groups in total. The Morgan fingerprint density at radius 2 is 2.05 bits per heavy atom. The number of aromatic nitrogens is 2. The molecule has 7 heteroatoms. The molecule has 0 atom stereocenters. The smallest absolute Gasteiger partial charge is 0.188 e. The highest BCUT2D eigenvalue weighted by atomic mass is 127. The predicted octanol–water partition coefficient (Wildman–Crippen LogP) is 2.91. The normalized spacial score (nSPS) is 12.8. The number of ether oxygens (including phenoxy) is 1. The van der Waals surface area contributed by atoms with Crippen LogP contribution in [-0.4, -0.2) is 29.2 Å². The van der Waals surface area contributed by atoms with Crippen molar-refractivity contribution in [3.63, 3.8) is 0 Å². The summed E-state index contributed by atoms with van der Waals surface area (Å²) in [6.45, 7) is 7.27. The molecule has 110 valence electrons. The standard InChI is InChI=1S/C13H17IN2O3S/c1-5-19-9-6-12-15-7-11(14)16(12)8-10(9)20(17,18)13(2,3)4/h6-8H,5H2,1-4H3. The molecule has 2 heterocycles. The summed E-state index contributed by atoms with van der Waals surface area (Å²) in [5, 5.41) is 0. The van der Waals surface area contributed by atoms with E-state index >= 15 is 0 Å². The van der Waals surface area contributed by atoms with Crippen LogP contribution in [0, 0.1) is 3.70 Å². The zero-order valence-electron chi connectivity index (χ0n) is 11.8. The summed E-state index contributed by atoms with van der Waals surface area (Å²) in [5.41, 5.74) is 0.672. The molecule has 2 aromatic heterocycles. The summed E-state index contributed by atoms with van der Waals surface area (Å²) < 4.78 is 32.6. The Labute approximate surface area is 132 Å². The zero-order chi connectivity index (χ0) is 15.1. The van der Waals surface area contributed by atoms with Gasteiger partial charge in [0.15, 0.2) is 9.84 Å². The maximum absolute atomic E-state index is 12.7. The van der Waals surface area contributed by atoms with Gasteiger partial charge in [0, 0.05) is 12.3 Å². The van der Waals surface area contributed by atoms with Crippen LogP contribution in [0.15, 0.2) is 23.4 Å². The molecule has 0 bridgehead atoms. The third-order valence-electron chi connectivity index (χ3n) is 2.93. The van der Waals surface area contributed by atoms with Crippen LogP contribution in [0.5, 0.6) is 5.75 Å². The van der Waals surface area contributed by atoms with E-state index in [4.69, 9.17) is 4.74 Å². The highest BCUT2D eigenvalue weighted by Gasteiger charge is 2.34. The molecule has 0 radical (unpaired) electrons. The lowest BCUT2D eigenvalue weighted by molar-refractivity contribution is 0.330. The lowest BCUT2D eigenvalue weighted by Crippen LogP contribution is -2.28. The molecule has 0 aliphatic carbocycles. The summed E-state index contributed by atoms with van der Waals surface area (Å²) in [6.07, 6.45) is 3.29. The van der Waals surface area contributed by atoms with Crippen LogP contribution < -0.4 is 4.74 Å². The zero-order valence-corrected chi connectivity index (χ0v) is 14.8. The van der Waals surface area contributed by atoms with Gasteiger partial charge >= 0.3 is 0 Å². The van der Waals surface area contributed by atoms with Crippen molar-refractivity contribution >= 4 is 38.1 Å². The first-order valence-electron chi connectivity index (χ1n) is 6.22. The fourth-order valence-electron chi connectivity index (χ4n) is 1.76. The van der Waals surface area contributed by atoms with Gasteiger partial charge in [0.2, 0.25) is 0 Å². The van der Waals surface area contributed by atoms with Crippen molar-refractivity contribution in [2.75, 3.05) is 6.61 Å². The van der Waals surface area contributed by atoms with Crippen molar-refractivity contribution in [3.8, 4) is 5.75 Å². The first-order valence-corrected chi connectivity index (χ1v) is 8.78. The number of nitrogens with zero attached hydrogens (tertiary/aromatic N) is 2. The Morgan fingerprint density at radius 3 is 2.60 bits per heavy atom. The molecular weight excluding hydrogens is 391 g/mol. The van der Waals surface area contributed by atoms with Gasteiger partial charge in [-0.2, -0.15) is 0 Å². The van der Waals surface area contributed by atoms with E-state index in [1.807, 2.05) is 6.92 Å². The number of hydrogen-bond acceptors (Lipinski definition) is 4. The summed E-state index contributed by atoms with van der Waals surface area (Å²) in [5.74, 6) is 0.358. The molecule has 0 unspecified atom stereocenters. The number of pyridine rings is 1. The van der Waals surface area contributed by atoms with Crippen molar-refractivity contribution in [1.82, 2.24) is 9.38 Å². The first kappa shape index (κ1) is 15.6. The number of rotatable bonds is 3. The van der Waals surface area contributed by atoms with Crippen LogP contribution in [0.25, 0.3) is 5.65 Å². The van der Waals surface area contributed by atoms with Crippen LogP contribution in [0.3, 0.4) is 0 Å². The van der Waals surface area contributed by atoms with Crippen molar-refractivity contribution in [2.24, 2.45) is 0 Å². The third kappa shape index (κ3) is 2.52. The van der Waals surface area contributed by atoms with E-state index in [1.54, 1.807) is 43.6 Å². The Morgan fingerprint density at radius 1 is 1.40 bits per heavy atom. The number of halogens is 1. The molecule has 0 amide bonds. The SMILES string of the molecule is CCOc1cc2ncc(I)n2cc1S(=O)(=O)C(C)(C)C. The molecule has 0 aliphatic heterocycles. The molecule has 0 spiro atoms. The van der Waals surface area contributed by atoms with E-state index in [-0.39, 0.29) is 4.90 Å². The highest BCUT2D eigenvalue weighted by molar-refractivity contribution is 14.1. The largest absolute Gasteiger partial charge is 0.492 e. The van der Waals surface area contributed by atoms with Gasteiger partial charge in [-0.25, -0.2) is 13.4 Å². The van der Waals surface area contributed by atoms with Gasteiger partial charge < -0.3 is 4.74 Å².